The van der Waals surface area contributed by atoms with Gasteiger partial charge >= 0.3 is 0 Å². The Kier molecular flexibility index (Phi) is 6.86. The molecule has 2 aromatic rings. The smallest absolute Gasteiger partial charge is 0.226 e. The van der Waals surface area contributed by atoms with E-state index in [0.717, 1.165) is 31.7 Å². The van der Waals surface area contributed by atoms with Gasteiger partial charge in [0.15, 0.2) is 11.5 Å². The van der Waals surface area contributed by atoms with E-state index in [4.69, 9.17) is 14.0 Å². The van der Waals surface area contributed by atoms with Crippen molar-refractivity contribution in [3.05, 3.63) is 24.1 Å². The third-order valence-electron chi connectivity index (χ3n) is 4.83. The first kappa shape index (κ1) is 20.1. The van der Waals surface area contributed by atoms with E-state index in [-0.39, 0.29) is 5.91 Å². The van der Waals surface area contributed by atoms with Gasteiger partial charge in [0.25, 0.3) is 0 Å². The number of ether oxygens (including phenoxy) is 2. The van der Waals surface area contributed by atoms with Crippen LogP contribution >= 0.6 is 0 Å². The summed E-state index contributed by atoms with van der Waals surface area (Å²) in [5.74, 6) is 2.55. The molecule has 0 unspecified atom stereocenters. The number of benzene rings is 1. The number of piperazine rings is 1. The van der Waals surface area contributed by atoms with Crippen molar-refractivity contribution in [3.8, 4) is 22.9 Å². The maximum absolute atomic E-state index is 12.3. The molecular weight excluding hydrogens is 360 g/mol. The van der Waals surface area contributed by atoms with Crippen LogP contribution in [0.5, 0.6) is 11.5 Å². The molecule has 0 N–H and O–H groups in total. The van der Waals surface area contributed by atoms with E-state index in [1.165, 1.54) is 0 Å². The maximum atomic E-state index is 12.3. The number of hydrogen-bond acceptors (Lipinski definition) is 7. The molecule has 1 aliphatic rings. The number of aromatic nitrogens is 2. The lowest BCUT2D eigenvalue weighted by Gasteiger charge is -2.32. The summed E-state index contributed by atoms with van der Waals surface area (Å²) < 4.78 is 16.2. The molecule has 3 rings (SSSR count). The lowest BCUT2D eigenvalue weighted by atomic mass is 10.2. The summed E-state index contributed by atoms with van der Waals surface area (Å²) in [5, 5.41) is 4.06. The molecule has 1 amide bonds. The number of likely N-dealkylation sites (N-methyl/N-ethyl adjacent to an activating group) is 1. The number of rotatable bonds is 8. The van der Waals surface area contributed by atoms with E-state index >= 15 is 0 Å². The quantitative estimate of drug-likeness (QED) is 0.686. The molecule has 0 bridgehead atoms. The minimum atomic E-state index is 0.198. The van der Waals surface area contributed by atoms with Crippen molar-refractivity contribution in [1.82, 2.24) is 19.9 Å². The van der Waals surface area contributed by atoms with Crippen molar-refractivity contribution in [2.45, 2.75) is 26.2 Å². The Bertz CT molecular complexity index is 784. The van der Waals surface area contributed by atoms with Gasteiger partial charge in [-0.2, -0.15) is 4.98 Å². The van der Waals surface area contributed by atoms with Gasteiger partial charge in [-0.05, 0) is 38.6 Å². The third kappa shape index (κ3) is 5.01. The predicted octanol–water partition coefficient (Wildman–Crippen LogP) is 2.24. The van der Waals surface area contributed by atoms with Crippen LogP contribution in [0.25, 0.3) is 11.4 Å². The highest BCUT2D eigenvalue weighted by Crippen LogP contribution is 2.31. The summed E-state index contributed by atoms with van der Waals surface area (Å²) in [7, 11) is 3.68. The van der Waals surface area contributed by atoms with Gasteiger partial charge in [0.1, 0.15) is 0 Å². The van der Waals surface area contributed by atoms with Gasteiger partial charge in [-0.25, -0.2) is 0 Å². The normalized spacial score (nSPS) is 14.9. The number of aryl methyl sites for hydroxylation is 1. The molecule has 0 radical (unpaired) electrons. The molecule has 0 saturated carbocycles. The van der Waals surface area contributed by atoms with E-state index in [0.29, 0.717) is 49.1 Å². The molecule has 1 fully saturated rings. The lowest BCUT2D eigenvalue weighted by Crippen LogP contribution is -2.47. The standard InChI is InChI=1S/C20H28N4O4/c1-4-27-17-14-15(8-9-16(17)26-3)20-21-18(28-22-20)6-5-7-19(25)24-12-10-23(2)11-13-24/h8-9,14H,4-7,10-13H2,1-3H3. The topological polar surface area (TPSA) is 80.9 Å². The zero-order valence-electron chi connectivity index (χ0n) is 16.8. The van der Waals surface area contributed by atoms with Crippen molar-refractivity contribution < 1.29 is 18.8 Å². The summed E-state index contributed by atoms with van der Waals surface area (Å²) in [5.41, 5.74) is 0.799. The molecule has 2 heterocycles. The van der Waals surface area contributed by atoms with Crippen LogP contribution in [0, 0.1) is 0 Å². The lowest BCUT2D eigenvalue weighted by molar-refractivity contribution is -0.132. The predicted molar refractivity (Wildman–Crippen MR) is 104 cm³/mol. The molecule has 0 atom stereocenters. The fourth-order valence-corrected chi connectivity index (χ4v) is 3.16. The van der Waals surface area contributed by atoms with Crippen LogP contribution in [0.15, 0.2) is 22.7 Å². The highest BCUT2D eigenvalue weighted by atomic mass is 16.5. The van der Waals surface area contributed by atoms with Crippen LogP contribution in [0.3, 0.4) is 0 Å². The second-order valence-corrected chi connectivity index (χ2v) is 6.85. The summed E-state index contributed by atoms with van der Waals surface area (Å²) in [6.07, 6.45) is 1.78. The highest BCUT2D eigenvalue weighted by Gasteiger charge is 2.19. The Balaban J connectivity index is 1.54. The van der Waals surface area contributed by atoms with Crippen molar-refractivity contribution >= 4 is 5.91 Å². The number of carbonyl (C=O) groups is 1. The zero-order valence-corrected chi connectivity index (χ0v) is 16.8. The highest BCUT2D eigenvalue weighted by molar-refractivity contribution is 5.76. The monoisotopic (exact) mass is 388 g/mol. The van der Waals surface area contributed by atoms with Gasteiger partial charge in [-0.3, -0.25) is 4.79 Å². The Morgan fingerprint density at radius 2 is 2.00 bits per heavy atom. The van der Waals surface area contributed by atoms with E-state index < -0.39 is 0 Å². The van der Waals surface area contributed by atoms with E-state index in [9.17, 15) is 4.79 Å². The minimum absolute atomic E-state index is 0.198. The summed E-state index contributed by atoms with van der Waals surface area (Å²) in [6.45, 7) is 5.94. The minimum Gasteiger partial charge on any atom is -0.493 e. The van der Waals surface area contributed by atoms with Crippen molar-refractivity contribution in [2.24, 2.45) is 0 Å². The van der Waals surface area contributed by atoms with E-state index in [1.54, 1.807) is 7.11 Å². The molecule has 1 aromatic carbocycles. The van der Waals surface area contributed by atoms with Crippen molar-refractivity contribution in [3.63, 3.8) is 0 Å². The molecule has 152 valence electrons. The van der Waals surface area contributed by atoms with Gasteiger partial charge in [0, 0.05) is 44.6 Å². The van der Waals surface area contributed by atoms with Gasteiger partial charge in [-0.15, -0.1) is 0 Å². The first-order valence-electron chi connectivity index (χ1n) is 9.70. The Labute approximate surface area is 165 Å². The Morgan fingerprint density at radius 1 is 1.21 bits per heavy atom. The first-order chi connectivity index (χ1) is 13.6. The molecule has 8 nitrogen and oxygen atoms in total. The maximum Gasteiger partial charge on any atom is 0.226 e. The second kappa shape index (κ2) is 9.54. The first-order valence-corrected chi connectivity index (χ1v) is 9.70. The van der Waals surface area contributed by atoms with Gasteiger partial charge in [-0.1, -0.05) is 5.16 Å². The number of amides is 1. The summed E-state index contributed by atoms with van der Waals surface area (Å²) >= 11 is 0. The SMILES string of the molecule is CCOc1cc(-c2noc(CCCC(=O)N3CCN(C)CC3)n2)ccc1OC. The fourth-order valence-electron chi connectivity index (χ4n) is 3.16. The molecule has 0 aliphatic carbocycles. The molecule has 1 aromatic heterocycles. The third-order valence-corrected chi connectivity index (χ3v) is 4.83. The van der Waals surface area contributed by atoms with Crippen LogP contribution in [0.4, 0.5) is 0 Å². The fraction of sp³-hybridized carbons (Fsp3) is 0.550. The van der Waals surface area contributed by atoms with Crippen LogP contribution in [0.2, 0.25) is 0 Å². The molecule has 8 heteroatoms. The average Bonchev–Trinajstić information content (AvgIpc) is 3.17. The molecule has 1 saturated heterocycles. The van der Waals surface area contributed by atoms with Crippen LogP contribution in [-0.2, 0) is 11.2 Å². The summed E-state index contributed by atoms with van der Waals surface area (Å²) in [6, 6.07) is 5.53. The largest absolute Gasteiger partial charge is 0.493 e. The molecule has 1 aliphatic heterocycles. The zero-order chi connectivity index (χ0) is 19.9. The molecule has 0 spiro atoms. The number of carbonyl (C=O) groups excluding carboxylic acids is 1. The van der Waals surface area contributed by atoms with Crippen LogP contribution < -0.4 is 9.47 Å². The van der Waals surface area contributed by atoms with Crippen LogP contribution in [-0.4, -0.2) is 72.8 Å². The van der Waals surface area contributed by atoms with Gasteiger partial charge in [0.2, 0.25) is 17.6 Å². The molecule has 28 heavy (non-hydrogen) atoms. The van der Waals surface area contributed by atoms with E-state index in [2.05, 4.69) is 22.1 Å². The Morgan fingerprint density at radius 3 is 2.71 bits per heavy atom. The second-order valence-electron chi connectivity index (χ2n) is 6.85. The van der Waals surface area contributed by atoms with E-state index in [1.807, 2.05) is 30.0 Å². The van der Waals surface area contributed by atoms with Gasteiger partial charge < -0.3 is 23.8 Å². The number of nitrogens with zero attached hydrogens (tertiary/aromatic N) is 4. The number of methoxy groups -OCH3 is 1. The van der Waals surface area contributed by atoms with Crippen molar-refractivity contribution in [2.75, 3.05) is 46.9 Å². The van der Waals surface area contributed by atoms with Crippen molar-refractivity contribution in [1.29, 1.82) is 0 Å². The summed E-state index contributed by atoms with van der Waals surface area (Å²) in [4.78, 5) is 20.9. The van der Waals surface area contributed by atoms with Gasteiger partial charge in [0.05, 0.1) is 13.7 Å². The Hall–Kier alpha value is -2.61. The average molecular weight is 388 g/mol. The number of hydrogen-bond donors (Lipinski definition) is 0. The molecular formula is C20H28N4O4. The van der Waals surface area contributed by atoms with Crippen LogP contribution in [0.1, 0.15) is 25.7 Å².